The number of piperidine rings is 2. The first-order chi connectivity index (χ1) is 20.8. The Morgan fingerprint density at radius 1 is 1.02 bits per heavy atom. The number of nitrogens with one attached hydrogen (secondary N) is 2. The Hall–Kier alpha value is -3.02. The third-order valence-corrected chi connectivity index (χ3v) is 10.7. The fourth-order valence-corrected chi connectivity index (χ4v) is 8.14. The van der Waals surface area contributed by atoms with Crippen LogP contribution >= 0.6 is 22.9 Å². The highest BCUT2D eigenvalue weighted by molar-refractivity contribution is 7.08. The predicted molar refractivity (Wildman–Crippen MR) is 171 cm³/mol. The van der Waals surface area contributed by atoms with Crippen LogP contribution in [0, 0.1) is 6.92 Å². The molecule has 2 aromatic rings. The average molecular weight is 628 g/mol. The summed E-state index contributed by atoms with van der Waals surface area (Å²) in [5.41, 5.74) is 10.4. The number of hydrogen-bond acceptors (Lipinski definition) is 6. The highest BCUT2D eigenvalue weighted by Gasteiger charge is 2.36. The molecule has 0 radical (unpaired) electrons. The van der Waals surface area contributed by atoms with E-state index in [1.807, 2.05) is 28.2 Å². The zero-order valence-electron chi connectivity index (χ0n) is 24.8. The minimum atomic E-state index is -0.711. The van der Waals surface area contributed by atoms with Gasteiger partial charge in [0.2, 0.25) is 5.91 Å². The van der Waals surface area contributed by atoms with Gasteiger partial charge in [-0.2, -0.15) is 0 Å². The van der Waals surface area contributed by atoms with Crippen molar-refractivity contribution in [3.8, 4) is 0 Å². The third kappa shape index (κ3) is 6.58. The highest BCUT2D eigenvalue weighted by atomic mass is 35.5. The van der Waals surface area contributed by atoms with Gasteiger partial charge >= 0.3 is 12.1 Å². The van der Waals surface area contributed by atoms with E-state index in [4.69, 9.17) is 17.3 Å². The summed E-state index contributed by atoms with van der Waals surface area (Å²) in [4.78, 5) is 48.4. The number of nitrogen functional groups attached to an aromatic ring is 1. The number of nitrogens with zero attached hydrogens (tertiary/aromatic N) is 4. The molecule has 0 aliphatic carbocycles. The van der Waals surface area contributed by atoms with Crippen LogP contribution in [0.15, 0.2) is 22.9 Å². The summed E-state index contributed by atoms with van der Waals surface area (Å²) < 4.78 is 0. The normalized spacial score (nSPS) is 21.1. The van der Waals surface area contributed by atoms with Crippen LogP contribution in [0.1, 0.15) is 55.2 Å². The summed E-state index contributed by atoms with van der Waals surface area (Å²) in [6.07, 6.45) is 6.16. The lowest BCUT2D eigenvalue weighted by molar-refractivity contribution is -0.134. The number of thiophene rings is 1. The van der Waals surface area contributed by atoms with Crippen molar-refractivity contribution in [2.45, 2.75) is 76.5 Å². The van der Waals surface area contributed by atoms with Gasteiger partial charge in [0.15, 0.2) is 0 Å². The van der Waals surface area contributed by atoms with E-state index in [1.165, 1.54) is 12.8 Å². The van der Waals surface area contributed by atoms with E-state index in [1.54, 1.807) is 22.3 Å². The maximum absolute atomic E-state index is 13.9. The number of aryl methyl sites for hydroxylation is 1. The van der Waals surface area contributed by atoms with Crippen molar-refractivity contribution >= 4 is 52.3 Å². The van der Waals surface area contributed by atoms with Crippen LogP contribution < -0.4 is 16.4 Å². The van der Waals surface area contributed by atoms with Crippen molar-refractivity contribution in [1.29, 1.82) is 0 Å². The van der Waals surface area contributed by atoms with E-state index in [9.17, 15) is 14.4 Å². The molecule has 1 atom stereocenters. The second kappa shape index (κ2) is 12.9. The molecule has 10 nitrogen and oxygen atoms in total. The summed E-state index contributed by atoms with van der Waals surface area (Å²) in [5, 5.41) is 10.6. The average Bonchev–Trinajstić information content (AvgIpc) is 3.71. The van der Waals surface area contributed by atoms with Gasteiger partial charge in [0.25, 0.3) is 0 Å². The monoisotopic (exact) mass is 627 g/mol. The SMILES string of the molecule is Cc1cc(C[C@@H](NC(=O)N2CCC(N3Cc4cscc4NC3=O)CC2)C(=O)N2CCC(N3CCCC3)CC2)cc(Cl)c1N. The van der Waals surface area contributed by atoms with E-state index in [0.29, 0.717) is 68.7 Å². The summed E-state index contributed by atoms with van der Waals surface area (Å²) >= 11 is 7.98. The summed E-state index contributed by atoms with van der Waals surface area (Å²) in [7, 11) is 0. The van der Waals surface area contributed by atoms with Crippen molar-refractivity contribution in [3.63, 3.8) is 0 Å². The summed E-state index contributed by atoms with van der Waals surface area (Å²) in [6, 6.07) is 3.30. The maximum Gasteiger partial charge on any atom is 0.322 e. The molecular formula is C31H42ClN7O3S. The largest absolute Gasteiger partial charge is 0.397 e. The van der Waals surface area contributed by atoms with Gasteiger partial charge in [0, 0.05) is 55.6 Å². The predicted octanol–water partition coefficient (Wildman–Crippen LogP) is 4.51. The molecule has 6 rings (SSSR count). The molecule has 0 unspecified atom stereocenters. The minimum absolute atomic E-state index is 0.0507. The lowest BCUT2D eigenvalue weighted by atomic mass is 9.99. The zero-order valence-corrected chi connectivity index (χ0v) is 26.4. The molecule has 5 heterocycles. The molecule has 43 heavy (non-hydrogen) atoms. The second-order valence-corrected chi connectivity index (χ2v) is 13.6. The molecule has 12 heteroatoms. The van der Waals surface area contributed by atoms with Crippen LogP contribution in [0.3, 0.4) is 0 Å². The molecule has 5 amide bonds. The number of carbonyl (C=O) groups excluding carboxylic acids is 3. The van der Waals surface area contributed by atoms with Gasteiger partial charge in [-0.05, 0) is 81.1 Å². The van der Waals surface area contributed by atoms with Gasteiger partial charge in [0.05, 0.1) is 22.9 Å². The van der Waals surface area contributed by atoms with Crippen LogP contribution in [0.25, 0.3) is 0 Å². The Morgan fingerprint density at radius 3 is 2.40 bits per heavy atom. The molecule has 4 aliphatic rings. The molecule has 4 aliphatic heterocycles. The van der Waals surface area contributed by atoms with Gasteiger partial charge < -0.3 is 36.0 Å². The van der Waals surface area contributed by atoms with Crippen LogP contribution in [0.2, 0.25) is 5.02 Å². The number of hydrogen-bond donors (Lipinski definition) is 3. The van der Waals surface area contributed by atoms with E-state index < -0.39 is 6.04 Å². The molecule has 1 aromatic heterocycles. The van der Waals surface area contributed by atoms with Gasteiger partial charge in [-0.1, -0.05) is 17.7 Å². The summed E-state index contributed by atoms with van der Waals surface area (Å²) in [5.74, 6) is -0.0507. The Bertz CT molecular complexity index is 1320. The molecule has 4 N–H and O–H groups in total. The van der Waals surface area contributed by atoms with Crippen LogP contribution in [-0.4, -0.2) is 95.0 Å². The number of benzene rings is 1. The Balaban J connectivity index is 1.10. The number of carbonyl (C=O) groups is 3. The van der Waals surface area contributed by atoms with Crippen LogP contribution in [0.4, 0.5) is 21.0 Å². The first-order valence-corrected chi connectivity index (χ1v) is 16.8. The van der Waals surface area contributed by atoms with Gasteiger partial charge in [-0.3, -0.25) is 4.79 Å². The van der Waals surface area contributed by atoms with Crippen molar-refractivity contribution in [3.05, 3.63) is 44.6 Å². The van der Waals surface area contributed by atoms with Crippen molar-refractivity contribution in [2.75, 3.05) is 50.3 Å². The van der Waals surface area contributed by atoms with Gasteiger partial charge in [0.1, 0.15) is 6.04 Å². The van der Waals surface area contributed by atoms with Crippen LogP contribution in [-0.2, 0) is 17.8 Å². The number of urea groups is 2. The number of anilines is 2. The molecule has 0 saturated carbocycles. The molecular weight excluding hydrogens is 586 g/mol. The quantitative estimate of drug-likeness (QED) is 0.408. The van der Waals surface area contributed by atoms with Gasteiger partial charge in [-0.25, -0.2) is 9.59 Å². The number of fused-ring (bicyclic) bond motifs is 1. The molecule has 0 spiro atoms. The molecule has 1 aromatic carbocycles. The standard InChI is InChI=1S/C31H42ClN7O3S/c1-20-14-21(15-25(32)28(20)33)16-26(29(40)37-10-4-23(5-11-37)36-8-2-3-9-36)34-30(41)38-12-6-24(7-13-38)39-17-22-18-43-19-27(22)35-31(39)42/h14-15,18-19,23-24,26H,2-13,16-17,33H2,1H3,(H,34,41)(H,35,42)/t26-/m1/s1. The van der Waals surface area contributed by atoms with Crippen molar-refractivity contribution in [1.82, 2.24) is 24.9 Å². The van der Waals surface area contributed by atoms with Gasteiger partial charge in [-0.15, -0.1) is 11.3 Å². The Labute approximate surface area is 262 Å². The Morgan fingerprint density at radius 2 is 1.70 bits per heavy atom. The van der Waals surface area contributed by atoms with E-state index >= 15 is 0 Å². The molecule has 232 valence electrons. The second-order valence-electron chi connectivity index (χ2n) is 12.4. The topological polar surface area (TPSA) is 114 Å². The van der Waals surface area contributed by atoms with Crippen molar-refractivity contribution < 1.29 is 14.4 Å². The number of nitrogens with two attached hydrogens (primary N) is 1. The number of amides is 5. The number of rotatable bonds is 6. The first kappa shape index (κ1) is 30.0. The zero-order chi connectivity index (χ0) is 30.1. The lowest BCUT2D eigenvalue weighted by Gasteiger charge is -2.41. The third-order valence-electron chi connectivity index (χ3n) is 9.64. The van der Waals surface area contributed by atoms with E-state index in [2.05, 4.69) is 20.9 Å². The molecule has 3 fully saturated rings. The molecule has 3 saturated heterocycles. The smallest absolute Gasteiger partial charge is 0.322 e. The highest BCUT2D eigenvalue weighted by Crippen LogP contribution is 2.31. The van der Waals surface area contributed by atoms with Crippen LogP contribution in [0.5, 0.6) is 0 Å². The minimum Gasteiger partial charge on any atom is -0.397 e. The number of halogens is 1. The maximum atomic E-state index is 13.9. The summed E-state index contributed by atoms with van der Waals surface area (Å²) in [6.45, 7) is 7.24. The Kier molecular flexibility index (Phi) is 9.02. The fourth-order valence-electron chi connectivity index (χ4n) is 7.07. The van der Waals surface area contributed by atoms with E-state index in [0.717, 1.165) is 48.3 Å². The lowest BCUT2D eigenvalue weighted by Crippen LogP contribution is -2.57. The molecule has 0 bridgehead atoms. The number of likely N-dealkylation sites (tertiary alicyclic amines) is 3. The van der Waals surface area contributed by atoms with E-state index in [-0.39, 0.29) is 24.0 Å². The fraction of sp³-hybridized carbons (Fsp3) is 0.581. The van der Waals surface area contributed by atoms with Crippen molar-refractivity contribution in [2.24, 2.45) is 0 Å². The first-order valence-electron chi connectivity index (χ1n) is 15.5.